The number of amides is 6. The van der Waals surface area contributed by atoms with Gasteiger partial charge in [-0.05, 0) is 89.7 Å². The molecule has 25 nitrogen and oxygen atoms in total. The van der Waals surface area contributed by atoms with E-state index in [9.17, 15) is 71.4 Å². The molecule has 3 unspecified atom stereocenters. The zero-order valence-corrected chi connectivity index (χ0v) is 53.3. The topological polar surface area (TPSA) is 407 Å². The molecule has 0 saturated carbocycles. The summed E-state index contributed by atoms with van der Waals surface area (Å²) in [4.78, 5) is 130. The summed E-state index contributed by atoms with van der Waals surface area (Å²) in [5.74, 6) is -8.28. The van der Waals surface area contributed by atoms with E-state index >= 15 is 0 Å². The van der Waals surface area contributed by atoms with Gasteiger partial charge in [0, 0.05) is 91.7 Å². The van der Waals surface area contributed by atoms with E-state index in [4.69, 9.17) is 31.5 Å². The normalized spacial score (nSPS) is 11.8. The van der Waals surface area contributed by atoms with Crippen LogP contribution in [0.2, 0.25) is 0 Å². The van der Waals surface area contributed by atoms with E-state index in [-0.39, 0.29) is 108 Å². The van der Waals surface area contributed by atoms with Gasteiger partial charge >= 0.3 is 17.9 Å². The standard InChI is InChI=1S/C41H71N3O14S.C19H29N3O4.CH4.FHO/c1-58-29-17-20-33(45)25-26-35(41(54)55)43-37(48)27-24-32(40(52)53)31-34(46)19-16-28-42-36(47)22-18-30-59(56,57)44-38(49)21-14-12-10-8-6-4-2-3-5-7-9-11-13-15-23-39(50)51;1-3-12-26-13-17(23)22-16(18(20)24)6-4-5-11-21-19(25)15-9-7-14(2)8-10-15;;1-2/h32,35H,2-31H2,1H3,(H,42,47)(H,43,48)(H,44,49)(H,50,51)(H,52,53)(H,54,55);7-10,16H,3-6,11-13H2,1-2H3,(H2,20,24)(H,21,25)(H,22,23);1H4;2H/i;;1T;. The Balaban J connectivity index is -0.00000204. The fraction of sp³-hybridized carbons (Fsp3) is 0.721. The number of aryl methyl sites for hydroxylation is 1. The van der Waals surface area contributed by atoms with E-state index in [2.05, 4.69) is 26.0 Å². The molecular formula is C61H105FN6O19S. The Labute approximate surface area is 521 Å². The van der Waals surface area contributed by atoms with Crippen molar-refractivity contribution in [1.29, 1.82) is 0 Å². The summed E-state index contributed by atoms with van der Waals surface area (Å²) in [5, 5.41) is 43.4. The lowest BCUT2D eigenvalue weighted by atomic mass is 9.95. The number of nitrogens with one attached hydrogen (secondary N) is 5. The average molecular weight is 1280 g/mol. The Morgan fingerprint density at radius 2 is 1.10 bits per heavy atom. The van der Waals surface area contributed by atoms with Crippen LogP contribution in [-0.2, 0) is 67.4 Å². The number of carbonyl (C=O) groups is 11. The summed E-state index contributed by atoms with van der Waals surface area (Å²) < 4.78 is 50.9. The molecule has 0 saturated heterocycles. The molecule has 0 fully saturated rings. The predicted octanol–water partition coefficient (Wildman–Crippen LogP) is 7.01. The van der Waals surface area contributed by atoms with Crippen LogP contribution in [0.5, 0.6) is 0 Å². The van der Waals surface area contributed by atoms with Gasteiger partial charge in [0.1, 0.15) is 30.3 Å². The van der Waals surface area contributed by atoms with Gasteiger partial charge in [-0.25, -0.2) is 18.5 Å². The minimum Gasteiger partial charge on any atom is -0.481 e. The first-order valence-corrected chi connectivity index (χ1v) is 32.1. The molecule has 1 rings (SSSR count). The molecule has 0 bridgehead atoms. The van der Waals surface area contributed by atoms with E-state index in [1.807, 2.05) is 26.0 Å². The highest BCUT2D eigenvalue weighted by Crippen LogP contribution is 2.17. The number of methoxy groups -OCH3 is 1. The third kappa shape index (κ3) is 51.6. The average Bonchev–Trinajstić information content (AvgIpc) is 3.64. The fourth-order valence-corrected chi connectivity index (χ4v) is 9.73. The maximum atomic E-state index is 12.4. The molecule has 0 heterocycles. The van der Waals surface area contributed by atoms with Gasteiger partial charge in [-0.2, -0.15) is 0 Å². The van der Waals surface area contributed by atoms with Crippen LogP contribution < -0.4 is 31.7 Å². The van der Waals surface area contributed by atoms with Gasteiger partial charge in [0.2, 0.25) is 39.6 Å². The molecule has 0 aliphatic rings. The second kappa shape index (κ2) is 55.8. The lowest BCUT2D eigenvalue weighted by molar-refractivity contribution is -0.145. The minimum absolute atomic E-state index is 0.0178. The van der Waals surface area contributed by atoms with Crippen molar-refractivity contribution in [1.82, 2.24) is 26.0 Å². The van der Waals surface area contributed by atoms with Crippen molar-refractivity contribution in [3.63, 3.8) is 0 Å². The number of halogens is 1. The number of nitrogens with two attached hydrogens (primary N) is 1. The largest absolute Gasteiger partial charge is 0.481 e. The number of benzene rings is 1. The van der Waals surface area contributed by atoms with Crippen LogP contribution in [0, 0.1) is 12.8 Å². The number of ketones is 2. The number of primary amides is 1. The SMILES string of the molecule is CCCOCC(=O)NC(CCCCNC(=O)c1ccc(C)cc1)C(N)=O.COCCCC(=O)CCC(NC(=O)CCC(CC(=O)CCCNC(=O)CCCS(=O)(=O)NC(=O)CCCCCCCCCCCCCCCCC(=O)O)C(=O)O)C(=O)O.OF.[3H]C. The number of hydrogen-bond donors (Lipinski definition) is 10. The van der Waals surface area contributed by atoms with E-state index < -0.39 is 81.1 Å². The summed E-state index contributed by atoms with van der Waals surface area (Å²) in [7, 11) is -1.15. The second-order valence-electron chi connectivity index (χ2n) is 21.4. The maximum absolute atomic E-state index is 12.4. The molecule has 506 valence electrons. The predicted molar refractivity (Wildman–Crippen MR) is 329 cm³/mol. The maximum Gasteiger partial charge on any atom is 0.326 e. The Morgan fingerprint density at radius 3 is 1.64 bits per heavy atom. The van der Waals surface area contributed by atoms with Crippen LogP contribution in [0.25, 0.3) is 0 Å². The lowest BCUT2D eigenvalue weighted by Gasteiger charge is -2.16. The molecule has 0 aliphatic carbocycles. The van der Waals surface area contributed by atoms with Crippen molar-refractivity contribution in [3.8, 4) is 0 Å². The van der Waals surface area contributed by atoms with Crippen LogP contribution in [0.3, 0.4) is 0 Å². The Kier molecular flexibility index (Phi) is 53.0. The number of Topliss-reactive ketones (excluding diaryl/α,β-unsaturated/α-hetero) is 2. The Bertz CT molecular complexity index is 2280. The zero-order chi connectivity index (χ0) is 67.7. The number of ether oxygens (including phenoxy) is 2. The molecule has 88 heavy (non-hydrogen) atoms. The monoisotopic (exact) mass is 1280 g/mol. The summed E-state index contributed by atoms with van der Waals surface area (Å²) in [5.41, 5.74) is 7.04. The Hall–Kier alpha value is -6.45. The molecule has 0 aromatic heterocycles. The van der Waals surface area contributed by atoms with Gasteiger partial charge in [0.05, 0.1) is 11.7 Å². The first kappa shape index (κ1) is 83.6. The molecule has 1 aromatic rings. The smallest absolute Gasteiger partial charge is 0.326 e. The molecule has 0 radical (unpaired) electrons. The number of unbranched alkanes of at least 4 members (excludes halogenated alkanes) is 14. The van der Waals surface area contributed by atoms with Crippen LogP contribution in [-0.4, -0.2) is 152 Å². The van der Waals surface area contributed by atoms with Crippen molar-refractivity contribution in [2.45, 2.75) is 232 Å². The molecule has 27 heteroatoms. The number of hydrogen-bond acceptors (Lipinski definition) is 16. The number of carboxylic acids is 3. The first-order chi connectivity index (χ1) is 42.5. The highest BCUT2D eigenvalue weighted by Gasteiger charge is 2.25. The second-order valence-corrected chi connectivity index (χ2v) is 23.2. The minimum atomic E-state index is -3.90. The quantitative estimate of drug-likeness (QED) is 0.0293. The fourth-order valence-electron chi connectivity index (χ4n) is 8.66. The summed E-state index contributed by atoms with van der Waals surface area (Å²) in [6.45, 7) is 5.31. The molecule has 1 aromatic carbocycles. The van der Waals surface area contributed by atoms with Crippen molar-refractivity contribution in [2.24, 2.45) is 11.7 Å². The summed E-state index contributed by atoms with van der Waals surface area (Å²) in [6, 6.07) is 5.30. The van der Waals surface area contributed by atoms with E-state index in [0.29, 0.717) is 57.4 Å². The van der Waals surface area contributed by atoms with E-state index in [0.717, 1.165) is 63.4 Å². The number of sulfonamides is 1. The molecule has 0 spiro atoms. The van der Waals surface area contributed by atoms with Crippen LogP contribution >= 0.6 is 0 Å². The van der Waals surface area contributed by atoms with Gasteiger partial charge in [-0.1, -0.05) is 114 Å². The van der Waals surface area contributed by atoms with Crippen LogP contribution in [0.1, 0.15) is 231 Å². The first-order valence-electron chi connectivity index (χ1n) is 31.5. The van der Waals surface area contributed by atoms with Crippen molar-refractivity contribution in [2.75, 3.05) is 45.8 Å². The van der Waals surface area contributed by atoms with Crippen LogP contribution in [0.15, 0.2) is 24.3 Å². The summed E-state index contributed by atoms with van der Waals surface area (Å²) in [6.07, 6.45) is 17.1. The van der Waals surface area contributed by atoms with Crippen molar-refractivity contribution >= 4 is 74.9 Å². The number of carboxylic acid groups (broad SMARTS) is 3. The number of aliphatic carboxylic acids is 3. The van der Waals surface area contributed by atoms with E-state index in [1.165, 1.54) is 46.6 Å². The van der Waals surface area contributed by atoms with Gasteiger partial charge in [-0.15, -0.1) is 0 Å². The zero-order valence-electron chi connectivity index (χ0n) is 53.5. The van der Waals surface area contributed by atoms with Gasteiger partial charge < -0.3 is 51.8 Å². The third-order valence-electron chi connectivity index (χ3n) is 13.6. The molecular weight excluding hydrogens is 1170 g/mol. The van der Waals surface area contributed by atoms with Crippen LogP contribution in [0.4, 0.5) is 4.53 Å². The van der Waals surface area contributed by atoms with Gasteiger partial charge in [-0.3, -0.25) is 52.7 Å². The Morgan fingerprint density at radius 1 is 0.568 bits per heavy atom. The van der Waals surface area contributed by atoms with Gasteiger partial charge in [0.25, 0.3) is 5.91 Å². The lowest BCUT2D eigenvalue weighted by Crippen LogP contribution is -2.45. The number of rotatable bonds is 53. The highest BCUT2D eigenvalue weighted by atomic mass is 32.2. The highest BCUT2D eigenvalue weighted by molar-refractivity contribution is 7.90. The van der Waals surface area contributed by atoms with E-state index in [1.54, 1.807) is 12.1 Å². The number of carbonyl (C=O) groups excluding carboxylic acids is 8. The van der Waals surface area contributed by atoms with Crippen molar-refractivity contribution < 1.29 is 97.2 Å². The molecule has 11 N–H and O–H groups in total. The van der Waals surface area contributed by atoms with Crippen molar-refractivity contribution in [3.05, 3.63) is 35.4 Å². The van der Waals surface area contributed by atoms with Gasteiger partial charge in [0.15, 0.2) is 0 Å². The molecule has 0 aliphatic heterocycles. The summed E-state index contributed by atoms with van der Waals surface area (Å²) >= 11 is 0. The third-order valence-corrected chi connectivity index (χ3v) is 14.9. The molecule has 3 atom stereocenters. The molecule has 6 amide bonds.